The molecule has 0 bridgehead atoms. The van der Waals surface area contributed by atoms with Gasteiger partial charge in [-0.1, -0.05) is 24.3 Å². The van der Waals surface area contributed by atoms with Crippen molar-refractivity contribution in [2.45, 2.75) is 19.3 Å². The van der Waals surface area contributed by atoms with E-state index in [-0.39, 0.29) is 5.97 Å². The lowest BCUT2D eigenvalue weighted by Crippen LogP contribution is -1.99. The standard InChI is InChI=1S/C18H20N2O2/c1-22-18(21)10-3-2-9-17(15-7-5-11-20-13-15)14-6-4-8-16(19)12-14/h4-9,11-13H,2-3,10,19H2,1H3/b17-9-. The van der Waals surface area contributed by atoms with E-state index in [1.165, 1.54) is 7.11 Å². The summed E-state index contributed by atoms with van der Waals surface area (Å²) < 4.78 is 4.66. The lowest BCUT2D eigenvalue weighted by atomic mass is 9.97. The zero-order valence-corrected chi connectivity index (χ0v) is 12.7. The van der Waals surface area contributed by atoms with E-state index in [9.17, 15) is 4.79 Å². The predicted molar refractivity (Wildman–Crippen MR) is 88.0 cm³/mol. The zero-order valence-electron chi connectivity index (χ0n) is 12.7. The lowest BCUT2D eigenvalue weighted by Gasteiger charge is -2.09. The molecule has 0 saturated heterocycles. The number of esters is 1. The Morgan fingerprint density at radius 1 is 1.27 bits per heavy atom. The van der Waals surface area contributed by atoms with Crippen molar-refractivity contribution in [3.63, 3.8) is 0 Å². The molecule has 2 rings (SSSR count). The molecule has 4 heteroatoms. The van der Waals surface area contributed by atoms with Crippen LogP contribution in [-0.4, -0.2) is 18.1 Å². The molecule has 0 spiro atoms. The van der Waals surface area contributed by atoms with Gasteiger partial charge in [0.25, 0.3) is 0 Å². The quantitative estimate of drug-likeness (QED) is 0.504. The fraction of sp³-hybridized carbons (Fsp3) is 0.222. The number of allylic oxidation sites excluding steroid dienone is 1. The first-order valence-corrected chi connectivity index (χ1v) is 7.24. The molecule has 0 unspecified atom stereocenters. The minimum absolute atomic E-state index is 0.180. The summed E-state index contributed by atoms with van der Waals surface area (Å²) in [5.41, 5.74) is 9.76. The molecule has 1 aromatic heterocycles. The maximum absolute atomic E-state index is 11.2. The molecular weight excluding hydrogens is 276 g/mol. The average molecular weight is 296 g/mol. The normalized spacial score (nSPS) is 11.2. The van der Waals surface area contributed by atoms with Crippen molar-refractivity contribution in [2.24, 2.45) is 0 Å². The Bertz CT molecular complexity index is 651. The Balaban J connectivity index is 2.21. The molecule has 0 radical (unpaired) electrons. The number of unbranched alkanes of at least 4 members (excludes halogenated alkanes) is 1. The molecule has 0 aliphatic rings. The van der Waals surface area contributed by atoms with E-state index >= 15 is 0 Å². The maximum Gasteiger partial charge on any atom is 0.305 e. The highest BCUT2D eigenvalue weighted by Gasteiger charge is 2.06. The van der Waals surface area contributed by atoms with Crippen molar-refractivity contribution in [3.05, 3.63) is 66.0 Å². The fourth-order valence-corrected chi connectivity index (χ4v) is 2.23. The number of anilines is 1. The van der Waals surface area contributed by atoms with E-state index in [2.05, 4.69) is 15.8 Å². The van der Waals surface area contributed by atoms with Crippen LogP contribution in [-0.2, 0) is 9.53 Å². The minimum Gasteiger partial charge on any atom is -0.469 e. The van der Waals surface area contributed by atoms with Crippen molar-refractivity contribution in [1.82, 2.24) is 4.98 Å². The molecule has 2 N–H and O–H groups in total. The van der Waals surface area contributed by atoms with Gasteiger partial charge in [0, 0.05) is 30.1 Å². The SMILES string of the molecule is COC(=O)CCC/C=C(\c1cccnc1)c1cccc(N)c1. The molecule has 4 nitrogen and oxygen atoms in total. The average Bonchev–Trinajstić information content (AvgIpc) is 2.55. The second-order valence-electron chi connectivity index (χ2n) is 4.95. The van der Waals surface area contributed by atoms with Gasteiger partial charge in [0.1, 0.15) is 0 Å². The summed E-state index contributed by atoms with van der Waals surface area (Å²) in [6, 6.07) is 11.7. The summed E-state index contributed by atoms with van der Waals surface area (Å²) in [7, 11) is 1.41. The van der Waals surface area contributed by atoms with Crippen molar-refractivity contribution in [1.29, 1.82) is 0 Å². The number of pyridine rings is 1. The maximum atomic E-state index is 11.2. The van der Waals surface area contributed by atoms with Crippen LogP contribution < -0.4 is 5.73 Å². The van der Waals surface area contributed by atoms with Crippen LogP contribution in [0.15, 0.2) is 54.9 Å². The van der Waals surface area contributed by atoms with Gasteiger partial charge < -0.3 is 10.5 Å². The number of benzene rings is 1. The van der Waals surface area contributed by atoms with Crippen LogP contribution in [0.2, 0.25) is 0 Å². The van der Waals surface area contributed by atoms with Gasteiger partial charge in [0.2, 0.25) is 0 Å². The number of nitrogens with zero attached hydrogens (tertiary/aromatic N) is 1. The topological polar surface area (TPSA) is 65.2 Å². The summed E-state index contributed by atoms with van der Waals surface area (Å²) >= 11 is 0. The molecule has 22 heavy (non-hydrogen) atoms. The number of ether oxygens (including phenoxy) is 1. The number of nitrogens with two attached hydrogens (primary N) is 1. The summed E-state index contributed by atoms with van der Waals surface area (Å²) in [5, 5.41) is 0. The van der Waals surface area contributed by atoms with Gasteiger partial charge in [-0.15, -0.1) is 0 Å². The Hall–Kier alpha value is -2.62. The number of hydrogen-bond donors (Lipinski definition) is 1. The van der Waals surface area contributed by atoms with E-state index < -0.39 is 0 Å². The molecule has 0 aliphatic heterocycles. The summed E-state index contributed by atoms with van der Waals surface area (Å²) in [6.45, 7) is 0. The Morgan fingerprint density at radius 3 is 2.77 bits per heavy atom. The Labute approximate surface area is 130 Å². The smallest absolute Gasteiger partial charge is 0.305 e. The fourth-order valence-electron chi connectivity index (χ4n) is 2.23. The van der Waals surface area contributed by atoms with Crippen molar-refractivity contribution in [3.8, 4) is 0 Å². The highest BCUT2D eigenvalue weighted by Crippen LogP contribution is 2.25. The first-order valence-electron chi connectivity index (χ1n) is 7.24. The van der Waals surface area contributed by atoms with Crippen LogP contribution in [0.4, 0.5) is 5.69 Å². The lowest BCUT2D eigenvalue weighted by molar-refractivity contribution is -0.140. The Kier molecular flexibility index (Phi) is 5.72. The van der Waals surface area contributed by atoms with Gasteiger partial charge in [0.05, 0.1) is 7.11 Å². The third kappa shape index (κ3) is 4.45. The molecule has 1 heterocycles. The number of carbonyl (C=O) groups is 1. The van der Waals surface area contributed by atoms with Gasteiger partial charge in [0.15, 0.2) is 0 Å². The van der Waals surface area contributed by atoms with Crippen molar-refractivity contribution in [2.75, 3.05) is 12.8 Å². The summed E-state index contributed by atoms with van der Waals surface area (Å²) in [6.07, 6.45) is 7.65. The highest BCUT2D eigenvalue weighted by atomic mass is 16.5. The van der Waals surface area contributed by atoms with Crippen LogP contribution in [0.5, 0.6) is 0 Å². The van der Waals surface area contributed by atoms with Gasteiger partial charge in [-0.2, -0.15) is 0 Å². The molecule has 0 fully saturated rings. The third-order valence-corrected chi connectivity index (χ3v) is 3.33. The van der Waals surface area contributed by atoms with E-state index in [1.54, 1.807) is 6.20 Å². The molecule has 0 amide bonds. The molecule has 0 aliphatic carbocycles. The summed E-state index contributed by atoms with van der Waals surface area (Å²) in [4.78, 5) is 15.3. The Morgan fingerprint density at radius 2 is 2.09 bits per heavy atom. The van der Waals surface area contributed by atoms with Crippen molar-refractivity contribution >= 4 is 17.2 Å². The number of rotatable bonds is 6. The van der Waals surface area contributed by atoms with Gasteiger partial charge in [-0.05, 0) is 42.2 Å². The first-order chi connectivity index (χ1) is 10.7. The number of hydrogen-bond acceptors (Lipinski definition) is 4. The van der Waals surface area contributed by atoms with Crippen LogP contribution >= 0.6 is 0 Å². The highest BCUT2D eigenvalue weighted by molar-refractivity contribution is 5.80. The molecular formula is C18H20N2O2. The van der Waals surface area contributed by atoms with E-state index in [4.69, 9.17) is 5.73 Å². The van der Waals surface area contributed by atoms with Gasteiger partial charge in [-0.3, -0.25) is 9.78 Å². The number of carbonyl (C=O) groups excluding carboxylic acids is 1. The minimum atomic E-state index is -0.180. The third-order valence-electron chi connectivity index (χ3n) is 3.33. The number of nitrogen functional groups attached to an aromatic ring is 1. The van der Waals surface area contributed by atoms with Gasteiger partial charge >= 0.3 is 5.97 Å². The molecule has 0 saturated carbocycles. The predicted octanol–water partition coefficient (Wildman–Crippen LogP) is 3.44. The van der Waals surface area contributed by atoms with Crippen molar-refractivity contribution < 1.29 is 9.53 Å². The number of aromatic nitrogens is 1. The van der Waals surface area contributed by atoms with Gasteiger partial charge in [-0.25, -0.2) is 0 Å². The second kappa shape index (κ2) is 7.98. The summed E-state index contributed by atoms with van der Waals surface area (Å²) in [5.74, 6) is -0.180. The van der Waals surface area contributed by atoms with Crippen LogP contribution in [0.25, 0.3) is 5.57 Å². The van der Waals surface area contributed by atoms with E-state index in [0.29, 0.717) is 6.42 Å². The molecule has 0 atom stereocenters. The second-order valence-corrected chi connectivity index (χ2v) is 4.95. The van der Waals surface area contributed by atoms with Crippen LogP contribution in [0.1, 0.15) is 30.4 Å². The largest absolute Gasteiger partial charge is 0.469 e. The molecule has 114 valence electrons. The number of methoxy groups -OCH3 is 1. The van der Waals surface area contributed by atoms with Crippen LogP contribution in [0.3, 0.4) is 0 Å². The molecule has 2 aromatic rings. The van der Waals surface area contributed by atoms with Crippen LogP contribution in [0, 0.1) is 0 Å². The monoisotopic (exact) mass is 296 g/mol. The van der Waals surface area contributed by atoms with E-state index in [1.807, 2.05) is 42.6 Å². The first kappa shape index (κ1) is 15.8. The molecule has 1 aromatic carbocycles. The van der Waals surface area contributed by atoms with E-state index in [0.717, 1.165) is 35.2 Å². The zero-order chi connectivity index (χ0) is 15.8.